The zero-order chi connectivity index (χ0) is 28.7. The number of carbonyl (C=O) groups excluding carboxylic acids is 5. The van der Waals surface area contributed by atoms with Gasteiger partial charge in [0.05, 0.1) is 13.2 Å². The van der Waals surface area contributed by atoms with Crippen LogP contribution in [-0.4, -0.2) is 61.7 Å². The van der Waals surface area contributed by atoms with E-state index in [4.69, 9.17) is 23.7 Å². The van der Waals surface area contributed by atoms with Crippen molar-refractivity contribution in [3.63, 3.8) is 0 Å². The van der Waals surface area contributed by atoms with Crippen molar-refractivity contribution >= 4 is 29.7 Å². The highest BCUT2D eigenvalue weighted by molar-refractivity contribution is 6.03. The van der Waals surface area contributed by atoms with Crippen molar-refractivity contribution in [2.45, 2.75) is 59.0 Å². The minimum atomic E-state index is -1.40. The lowest BCUT2D eigenvalue weighted by molar-refractivity contribution is -0.153. The summed E-state index contributed by atoms with van der Waals surface area (Å²) in [5, 5.41) is 0. The van der Waals surface area contributed by atoms with Crippen LogP contribution in [0.15, 0.2) is 48.6 Å². The standard InChI is InChI=1S/C28H36O10/c1-19(2)26(32)36-15-7-9-23(29)35-18-17-34-22-13-11-21(12-14-22)25(31)28(5,6)38-24(30)10-8-16-37-27(33)20(3)4/h11-14H,1,3,7-10,15-18H2,2,4-6H3. The van der Waals surface area contributed by atoms with Crippen LogP contribution < -0.4 is 4.74 Å². The lowest BCUT2D eigenvalue weighted by Crippen LogP contribution is -2.37. The van der Waals surface area contributed by atoms with E-state index < -0.39 is 35.3 Å². The molecular formula is C28H36O10. The third kappa shape index (κ3) is 12.3. The zero-order valence-corrected chi connectivity index (χ0v) is 22.5. The van der Waals surface area contributed by atoms with E-state index in [1.54, 1.807) is 31.2 Å². The Kier molecular flexibility index (Phi) is 13.5. The maximum atomic E-state index is 12.8. The van der Waals surface area contributed by atoms with E-state index >= 15 is 0 Å². The van der Waals surface area contributed by atoms with Crippen LogP contribution in [0.1, 0.15) is 63.7 Å². The number of rotatable bonds is 17. The summed E-state index contributed by atoms with van der Waals surface area (Å²) in [6, 6.07) is 6.25. The SMILES string of the molecule is C=C(C)C(=O)OCCCC(=O)OCCOc1ccc(C(=O)C(C)(C)OC(=O)CCCOC(=O)C(=C)C)cc1. The van der Waals surface area contributed by atoms with Crippen LogP contribution >= 0.6 is 0 Å². The number of Topliss-reactive ketones (excluding diaryl/α,β-unsaturated/α-hetero) is 1. The van der Waals surface area contributed by atoms with Crippen LogP contribution in [0.5, 0.6) is 5.75 Å². The Morgan fingerprint density at radius 3 is 1.71 bits per heavy atom. The van der Waals surface area contributed by atoms with Gasteiger partial charge < -0.3 is 23.7 Å². The number of ether oxygens (including phenoxy) is 5. The Hall–Kier alpha value is -3.95. The molecule has 38 heavy (non-hydrogen) atoms. The zero-order valence-electron chi connectivity index (χ0n) is 22.5. The first kappa shape index (κ1) is 32.1. The third-order valence-corrected chi connectivity index (χ3v) is 4.86. The maximum absolute atomic E-state index is 12.8. The lowest BCUT2D eigenvalue weighted by Gasteiger charge is -2.24. The summed E-state index contributed by atoms with van der Waals surface area (Å²) in [4.78, 5) is 59.3. The van der Waals surface area contributed by atoms with Crippen LogP contribution in [0.2, 0.25) is 0 Å². The first-order valence-electron chi connectivity index (χ1n) is 12.1. The van der Waals surface area contributed by atoms with Gasteiger partial charge in [-0.2, -0.15) is 0 Å². The first-order valence-corrected chi connectivity index (χ1v) is 12.1. The van der Waals surface area contributed by atoms with Gasteiger partial charge in [0.2, 0.25) is 5.78 Å². The van der Waals surface area contributed by atoms with E-state index in [2.05, 4.69) is 13.2 Å². The molecule has 0 saturated heterocycles. The molecule has 0 aliphatic carbocycles. The predicted molar refractivity (Wildman–Crippen MR) is 137 cm³/mol. The molecule has 0 aromatic heterocycles. The van der Waals surface area contributed by atoms with Gasteiger partial charge in [0.1, 0.15) is 19.0 Å². The van der Waals surface area contributed by atoms with Gasteiger partial charge in [0.25, 0.3) is 0 Å². The predicted octanol–water partition coefficient (Wildman–Crippen LogP) is 3.91. The van der Waals surface area contributed by atoms with E-state index in [0.29, 0.717) is 23.3 Å². The highest BCUT2D eigenvalue weighted by Gasteiger charge is 2.32. The maximum Gasteiger partial charge on any atom is 0.333 e. The van der Waals surface area contributed by atoms with Crippen molar-refractivity contribution in [2.24, 2.45) is 0 Å². The van der Waals surface area contributed by atoms with Gasteiger partial charge in [-0.05, 0) is 64.8 Å². The van der Waals surface area contributed by atoms with Crippen LogP contribution in [-0.2, 0) is 38.1 Å². The van der Waals surface area contributed by atoms with E-state index in [1.807, 2.05) is 0 Å². The van der Waals surface area contributed by atoms with Gasteiger partial charge in [0.15, 0.2) is 5.60 Å². The van der Waals surface area contributed by atoms with Crippen molar-refractivity contribution in [2.75, 3.05) is 26.4 Å². The largest absolute Gasteiger partial charge is 0.490 e. The number of hydrogen-bond acceptors (Lipinski definition) is 10. The number of benzene rings is 1. The van der Waals surface area contributed by atoms with Crippen molar-refractivity contribution < 1.29 is 47.7 Å². The second-order valence-electron chi connectivity index (χ2n) is 8.95. The van der Waals surface area contributed by atoms with E-state index in [0.717, 1.165) is 0 Å². The molecule has 0 aliphatic rings. The van der Waals surface area contributed by atoms with Crippen LogP contribution in [0.4, 0.5) is 0 Å². The Morgan fingerprint density at radius 1 is 0.711 bits per heavy atom. The molecule has 10 nitrogen and oxygen atoms in total. The molecule has 0 heterocycles. The van der Waals surface area contributed by atoms with Gasteiger partial charge in [-0.25, -0.2) is 9.59 Å². The summed E-state index contributed by atoms with van der Waals surface area (Å²) < 4.78 is 25.8. The molecule has 10 heteroatoms. The average Bonchev–Trinajstić information content (AvgIpc) is 2.86. The van der Waals surface area contributed by atoms with Gasteiger partial charge in [-0.1, -0.05) is 13.2 Å². The minimum absolute atomic E-state index is 0.0139. The topological polar surface area (TPSA) is 132 Å². The fourth-order valence-electron chi connectivity index (χ4n) is 2.83. The van der Waals surface area contributed by atoms with Gasteiger partial charge >= 0.3 is 23.9 Å². The summed E-state index contributed by atoms with van der Waals surface area (Å²) in [6.07, 6.45) is 0.683. The van der Waals surface area contributed by atoms with Gasteiger partial charge in [-0.15, -0.1) is 0 Å². The van der Waals surface area contributed by atoms with E-state index in [-0.39, 0.29) is 51.3 Å². The molecule has 0 unspecified atom stereocenters. The molecule has 0 spiro atoms. The van der Waals surface area contributed by atoms with Gasteiger partial charge in [0, 0.05) is 29.6 Å². The highest BCUT2D eigenvalue weighted by Crippen LogP contribution is 2.21. The molecular weight excluding hydrogens is 496 g/mol. The highest BCUT2D eigenvalue weighted by atomic mass is 16.6. The summed E-state index contributed by atoms with van der Waals surface area (Å²) in [5.74, 6) is -1.99. The molecule has 0 N–H and O–H groups in total. The fourth-order valence-corrected chi connectivity index (χ4v) is 2.83. The molecule has 1 aromatic carbocycles. The summed E-state index contributed by atoms with van der Waals surface area (Å²) >= 11 is 0. The van der Waals surface area contributed by atoms with Crippen LogP contribution in [0, 0.1) is 0 Å². The first-order chi connectivity index (χ1) is 17.8. The average molecular weight is 533 g/mol. The number of hydrogen-bond donors (Lipinski definition) is 0. The normalized spacial score (nSPS) is 10.6. The fraction of sp³-hybridized carbons (Fsp3) is 0.464. The van der Waals surface area contributed by atoms with Crippen molar-refractivity contribution in [1.82, 2.24) is 0 Å². The number of carbonyl (C=O) groups is 5. The molecule has 0 bridgehead atoms. The Bertz CT molecular complexity index is 1020. The molecule has 0 atom stereocenters. The Labute approximate surface area is 222 Å². The van der Waals surface area contributed by atoms with Crippen LogP contribution in [0.25, 0.3) is 0 Å². The Balaban J connectivity index is 2.36. The number of esters is 4. The quantitative estimate of drug-likeness (QED) is 0.0956. The monoisotopic (exact) mass is 532 g/mol. The van der Waals surface area contributed by atoms with Crippen molar-refractivity contribution in [1.29, 1.82) is 0 Å². The second kappa shape index (κ2) is 16.0. The number of ketones is 1. The molecule has 1 aromatic rings. The smallest absolute Gasteiger partial charge is 0.333 e. The van der Waals surface area contributed by atoms with Gasteiger partial charge in [-0.3, -0.25) is 14.4 Å². The molecule has 0 amide bonds. The molecule has 208 valence electrons. The molecule has 0 radical (unpaired) electrons. The summed E-state index contributed by atoms with van der Waals surface area (Å²) in [7, 11) is 0. The minimum Gasteiger partial charge on any atom is -0.490 e. The van der Waals surface area contributed by atoms with E-state index in [9.17, 15) is 24.0 Å². The molecule has 1 rings (SSSR count). The summed E-state index contributed by atoms with van der Waals surface area (Å²) in [5.41, 5.74) is -0.511. The van der Waals surface area contributed by atoms with Crippen molar-refractivity contribution in [3.8, 4) is 5.75 Å². The molecule has 0 saturated carbocycles. The molecule has 0 aliphatic heterocycles. The third-order valence-electron chi connectivity index (χ3n) is 4.86. The van der Waals surface area contributed by atoms with E-state index in [1.165, 1.54) is 20.8 Å². The van der Waals surface area contributed by atoms with Crippen LogP contribution in [0.3, 0.4) is 0 Å². The lowest BCUT2D eigenvalue weighted by atomic mass is 9.96. The van der Waals surface area contributed by atoms with Crippen molar-refractivity contribution in [3.05, 3.63) is 54.1 Å². The Morgan fingerprint density at radius 2 is 1.21 bits per heavy atom. The molecule has 0 fully saturated rings. The second-order valence-corrected chi connectivity index (χ2v) is 8.95. The summed E-state index contributed by atoms with van der Waals surface area (Å²) in [6.45, 7) is 13.3.